The number of benzene rings is 1. The van der Waals surface area contributed by atoms with Crippen LogP contribution in [0.3, 0.4) is 0 Å². The summed E-state index contributed by atoms with van der Waals surface area (Å²) in [4.78, 5) is 3.72. The van der Waals surface area contributed by atoms with Gasteiger partial charge < -0.3 is 10.1 Å². The lowest BCUT2D eigenvalue weighted by molar-refractivity contribution is 0.381. The molecule has 21 heavy (non-hydrogen) atoms. The molecule has 0 aliphatic heterocycles. The molecule has 2 aromatic rings. The lowest BCUT2D eigenvalue weighted by Gasteiger charge is -2.10. The Labute approximate surface area is 120 Å². The minimum Gasteiger partial charge on any atom is -0.433 e. The normalized spacial score (nSPS) is 10.7. The molecule has 3 nitrogen and oxygen atoms in total. The zero-order valence-corrected chi connectivity index (χ0v) is 11.5. The van der Waals surface area contributed by atoms with Gasteiger partial charge in [0, 0.05) is 18.3 Å². The van der Waals surface area contributed by atoms with Crippen molar-refractivity contribution in [1.82, 2.24) is 10.3 Å². The average Bonchev–Trinajstić information content (AvgIpc) is 2.48. The van der Waals surface area contributed by atoms with E-state index in [0.717, 1.165) is 19.0 Å². The van der Waals surface area contributed by atoms with Crippen LogP contribution in [0.15, 0.2) is 30.5 Å². The average molecular weight is 296 g/mol. The number of nitrogens with one attached hydrogen (secondary N) is 1. The summed E-state index contributed by atoms with van der Waals surface area (Å²) < 4.78 is 45.8. The highest BCUT2D eigenvalue weighted by Gasteiger charge is 2.15. The van der Waals surface area contributed by atoms with Crippen molar-refractivity contribution in [2.24, 2.45) is 0 Å². The highest BCUT2D eigenvalue weighted by molar-refractivity contribution is 5.32. The van der Waals surface area contributed by atoms with E-state index in [1.807, 2.05) is 6.92 Å². The number of aromatic nitrogens is 1. The van der Waals surface area contributed by atoms with Gasteiger partial charge in [0.15, 0.2) is 17.4 Å². The van der Waals surface area contributed by atoms with Gasteiger partial charge in [0.25, 0.3) is 5.88 Å². The number of nitrogens with zero attached hydrogens (tertiary/aromatic N) is 1. The second-order valence-electron chi connectivity index (χ2n) is 4.42. The highest BCUT2D eigenvalue weighted by atomic mass is 19.2. The molecular weight excluding hydrogens is 281 g/mol. The molecule has 0 amide bonds. The molecule has 6 heteroatoms. The number of hydrogen-bond acceptors (Lipinski definition) is 3. The summed E-state index contributed by atoms with van der Waals surface area (Å²) in [6.07, 6.45) is 2.28. The Morgan fingerprint density at radius 2 is 1.95 bits per heavy atom. The van der Waals surface area contributed by atoms with Crippen LogP contribution in [0.1, 0.15) is 18.9 Å². The number of ether oxygens (including phenoxy) is 1. The maximum atomic E-state index is 14.2. The van der Waals surface area contributed by atoms with E-state index in [2.05, 4.69) is 10.3 Å². The van der Waals surface area contributed by atoms with Gasteiger partial charge >= 0.3 is 0 Å². The van der Waals surface area contributed by atoms with Gasteiger partial charge in [0.2, 0.25) is 5.82 Å². The lowest BCUT2D eigenvalue weighted by Crippen LogP contribution is -2.15. The van der Waals surface area contributed by atoms with E-state index >= 15 is 0 Å². The van der Waals surface area contributed by atoms with Crippen molar-refractivity contribution in [2.45, 2.75) is 19.9 Å². The molecule has 0 fully saturated rings. The van der Waals surface area contributed by atoms with Gasteiger partial charge in [-0.25, -0.2) is 13.8 Å². The molecule has 1 aromatic heterocycles. The van der Waals surface area contributed by atoms with E-state index in [1.54, 1.807) is 0 Å². The molecule has 0 spiro atoms. The molecule has 0 aliphatic carbocycles. The van der Waals surface area contributed by atoms with Crippen LogP contribution in [0.2, 0.25) is 0 Å². The minimum atomic E-state index is -1.17. The standard InChI is InChI=1S/C15H15F3N2O/c1-2-7-19-9-10-6-8-20-15(13(10)17)21-12-5-3-4-11(16)14(12)18/h3-6,8,19H,2,7,9H2,1H3. The molecule has 1 aromatic carbocycles. The molecule has 1 N–H and O–H groups in total. The predicted molar refractivity (Wildman–Crippen MR) is 72.6 cm³/mol. The quantitative estimate of drug-likeness (QED) is 0.824. The molecule has 2 rings (SSSR count). The van der Waals surface area contributed by atoms with Crippen LogP contribution in [0.4, 0.5) is 13.2 Å². The third-order valence-corrected chi connectivity index (χ3v) is 2.80. The Hall–Kier alpha value is -2.08. The van der Waals surface area contributed by atoms with E-state index in [4.69, 9.17) is 4.74 Å². The second-order valence-corrected chi connectivity index (χ2v) is 4.42. The van der Waals surface area contributed by atoms with E-state index in [0.29, 0.717) is 12.1 Å². The van der Waals surface area contributed by atoms with Crippen molar-refractivity contribution >= 4 is 0 Å². The molecular formula is C15H15F3N2O. The molecule has 1 heterocycles. The fraction of sp³-hybridized carbons (Fsp3) is 0.267. The molecule has 0 aliphatic rings. The fourth-order valence-electron chi connectivity index (χ4n) is 1.74. The van der Waals surface area contributed by atoms with E-state index in [-0.39, 0.29) is 5.88 Å². The van der Waals surface area contributed by atoms with Gasteiger partial charge in [-0.3, -0.25) is 0 Å². The zero-order chi connectivity index (χ0) is 15.2. The molecule has 0 unspecified atom stereocenters. The summed E-state index contributed by atoms with van der Waals surface area (Å²) in [6.45, 7) is 3.05. The van der Waals surface area contributed by atoms with Gasteiger partial charge in [-0.05, 0) is 31.2 Å². The third-order valence-electron chi connectivity index (χ3n) is 2.80. The number of halogens is 3. The maximum Gasteiger partial charge on any atom is 0.256 e. The maximum absolute atomic E-state index is 14.2. The van der Waals surface area contributed by atoms with E-state index in [1.165, 1.54) is 24.4 Å². The van der Waals surface area contributed by atoms with Crippen molar-refractivity contribution in [3.63, 3.8) is 0 Å². The first-order chi connectivity index (χ1) is 10.1. The van der Waals surface area contributed by atoms with Crippen LogP contribution in [-0.4, -0.2) is 11.5 Å². The van der Waals surface area contributed by atoms with Gasteiger partial charge in [-0.1, -0.05) is 13.0 Å². The molecule has 0 bridgehead atoms. The lowest BCUT2D eigenvalue weighted by atomic mass is 10.2. The molecule has 0 saturated heterocycles. The summed E-state index contributed by atoms with van der Waals surface area (Å²) in [7, 11) is 0. The Morgan fingerprint density at radius 1 is 1.14 bits per heavy atom. The number of pyridine rings is 1. The SMILES string of the molecule is CCCNCc1ccnc(Oc2cccc(F)c2F)c1F. The Morgan fingerprint density at radius 3 is 2.71 bits per heavy atom. The van der Waals surface area contributed by atoms with Crippen molar-refractivity contribution in [2.75, 3.05) is 6.54 Å². The van der Waals surface area contributed by atoms with Crippen LogP contribution < -0.4 is 10.1 Å². The van der Waals surface area contributed by atoms with Gasteiger partial charge in [-0.2, -0.15) is 4.39 Å². The Bertz CT molecular complexity index is 620. The van der Waals surface area contributed by atoms with Gasteiger partial charge in [-0.15, -0.1) is 0 Å². The second kappa shape index (κ2) is 7.08. The zero-order valence-electron chi connectivity index (χ0n) is 11.5. The number of hydrogen-bond donors (Lipinski definition) is 1. The summed E-state index contributed by atoms with van der Waals surface area (Å²) in [5.74, 6) is -3.71. The summed E-state index contributed by atoms with van der Waals surface area (Å²) in [6, 6.07) is 4.95. The number of rotatable bonds is 6. The monoisotopic (exact) mass is 296 g/mol. The first-order valence-electron chi connectivity index (χ1n) is 6.59. The Kier molecular flexibility index (Phi) is 5.16. The third kappa shape index (κ3) is 3.72. The first-order valence-corrected chi connectivity index (χ1v) is 6.59. The van der Waals surface area contributed by atoms with Crippen molar-refractivity contribution in [3.05, 3.63) is 53.5 Å². The Balaban J connectivity index is 2.20. The summed E-state index contributed by atoms with van der Waals surface area (Å²) >= 11 is 0. The van der Waals surface area contributed by atoms with Gasteiger partial charge in [0.05, 0.1) is 0 Å². The molecule has 0 radical (unpaired) electrons. The largest absolute Gasteiger partial charge is 0.433 e. The molecule has 0 atom stereocenters. The van der Waals surface area contributed by atoms with Crippen molar-refractivity contribution < 1.29 is 17.9 Å². The van der Waals surface area contributed by atoms with E-state index < -0.39 is 23.2 Å². The first kappa shape index (κ1) is 15.3. The summed E-state index contributed by atoms with van der Waals surface area (Å²) in [5, 5.41) is 3.05. The van der Waals surface area contributed by atoms with E-state index in [9.17, 15) is 13.2 Å². The highest BCUT2D eigenvalue weighted by Crippen LogP contribution is 2.27. The predicted octanol–water partition coefficient (Wildman–Crippen LogP) is 3.79. The van der Waals surface area contributed by atoms with Crippen LogP contribution in [0.5, 0.6) is 11.6 Å². The fourth-order valence-corrected chi connectivity index (χ4v) is 1.74. The smallest absolute Gasteiger partial charge is 0.256 e. The van der Waals surface area contributed by atoms with Crippen LogP contribution >= 0.6 is 0 Å². The van der Waals surface area contributed by atoms with Crippen molar-refractivity contribution in [1.29, 1.82) is 0 Å². The van der Waals surface area contributed by atoms with Crippen LogP contribution in [0, 0.1) is 17.5 Å². The summed E-state index contributed by atoms with van der Waals surface area (Å²) in [5.41, 5.74) is 0.352. The molecule has 112 valence electrons. The minimum absolute atomic E-state index is 0.310. The van der Waals surface area contributed by atoms with Crippen molar-refractivity contribution in [3.8, 4) is 11.6 Å². The molecule has 0 saturated carbocycles. The van der Waals surface area contributed by atoms with Crippen LogP contribution in [-0.2, 0) is 6.54 Å². The topological polar surface area (TPSA) is 34.2 Å². The van der Waals surface area contributed by atoms with Crippen LogP contribution in [0.25, 0.3) is 0 Å². The van der Waals surface area contributed by atoms with Gasteiger partial charge in [0.1, 0.15) is 0 Å².